The smallest absolute Gasteiger partial charge is 0.250 e. The van der Waals surface area contributed by atoms with E-state index >= 15 is 0 Å². The van der Waals surface area contributed by atoms with Crippen LogP contribution in [0.5, 0.6) is 0 Å². The molecule has 25 heavy (non-hydrogen) atoms. The summed E-state index contributed by atoms with van der Waals surface area (Å²) in [6.45, 7) is 5.93. The first kappa shape index (κ1) is 18.7. The molecule has 0 fully saturated rings. The van der Waals surface area contributed by atoms with E-state index in [4.69, 9.17) is 11.5 Å². The number of primary amides is 2. The van der Waals surface area contributed by atoms with Crippen molar-refractivity contribution in [2.75, 3.05) is 10.6 Å². The third-order valence-corrected chi connectivity index (χ3v) is 4.36. The molecular weight excluding hydrogens is 338 g/mol. The lowest BCUT2D eigenvalue weighted by molar-refractivity contribution is -0.119. The van der Waals surface area contributed by atoms with E-state index < -0.39 is 17.9 Å². The Labute approximate surface area is 151 Å². The quantitative estimate of drug-likeness (QED) is 0.575. The van der Waals surface area contributed by atoms with Crippen molar-refractivity contribution in [1.82, 2.24) is 4.37 Å². The Kier molecular flexibility index (Phi) is 5.97. The molecule has 2 rings (SSSR count). The first-order valence-electron chi connectivity index (χ1n) is 7.96. The molecule has 0 aliphatic rings. The van der Waals surface area contributed by atoms with E-state index in [1.54, 1.807) is 18.2 Å². The standard InChI is InChI=1S/C17H23N5O2S/c1-9(2)6-14(17(19)24)20-11-4-5-12(16(18)23)13(8-11)21-15-7-10(3)22-25-15/h4-5,7-9,14,20-21H,6H2,1-3H3,(H2,18,23)(H2,19,24)/t14-/m1/s1. The molecule has 0 aliphatic heterocycles. The van der Waals surface area contributed by atoms with Gasteiger partial charge in [0.05, 0.1) is 16.9 Å². The number of carbonyl (C=O) groups excluding carboxylic acids is 2. The van der Waals surface area contributed by atoms with Gasteiger partial charge < -0.3 is 22.1 Å². The van der Waals surface area contributed by atoms with Crippen molar-refractivity contribution in [3.8, 4) is 0 Å². The summed E-state index contributed by atoms with van der Waals surface area (Å²) in [7, 11) is 0. The average Bonchev–Trinajstić information content (AvgIpc) is 2.91. The van der Waals surface area contributed by atoms with Gasteiger partial charge in [0.25, 0.3) is 5.91 Å². The molecule has 0 radical (unpaired) electrons. The van der Waals surface area contributed by atoms with Gasteiger partial charge in [-0.2, -0.15) is 4.37 Å². The SMILES string of the molecule is Cc1cc(Nc2cc(N[C@H](CC(C)C)C(N)=O)ccc2C(N)=O)sn1. The first-order chi connectivity index (χ1) is 11.8. The number of amides is 2. The number of anilines is 3. The Bertz CT molecular complexity index is 772. The van der Waals surface area contributed by atoms with Crippen LogP contribution in [0.25, 0.3) is 0 Å². The third kappa shape index (κ3) is 5.18. The summed E-state index contributed by atoms with van der Waals surface area (Å²) in [5.74, 6) is -0.642. The van der Waals surface area contributed by atoms with E-state index in [1.165, 1.54) is 11.5 Å². The highest BCUT2D eigenvalue weighted by Gasteiger charge is 2.18. The summed E-state index contributed by atoms with van der Waals surface area (Å²) < 4.78 is 4.20. The lowest BCUT2D eigenvalue weighted by Gasteiger charge is -2.19. The summed E-state index contributed by atoms with van der Waals surface area (Å²) in [4.78, 5) is 23.3. The van der Waals surface area contributed by atoms with Crippen LogP contribution in [0.2, 0.25) is 0 Å². The number of nitrogens with zero attached hydrogens (tertiary/aromatic N) is 1. The van der Waals surface area contributed by atoms with Crippen LogP contribution in [-0.4, -0.2) is 22.2 Å². The summed E-state index contributed by atoms with van der Waals surface area (Å²) in [5, 5.41) is 7.08. The van der Waals surface area contributed by atoms with E-state index in [1.807, 2.05) is 26.8 Å². The van der Waals surface area contributed by atoms with E-state index in [9.17, 15) is 9.59 Å². The summed E-state index contributed by atoms with van der Waals surface area (Å²) in [5.41, 5.74) is 13.4. The van der Waals surface area contributed by atoms with Crippen LogP contribution in [0.1, 0.15) is 36.3 Å². The average molecular weight is 361 g/mol. The van der Waals surface area contributed by atoms with Gasteiger partial charge >= 0.3 is 0 Å². The van der Waals surface area contributed by atoms with Gasteiger partial charge in [-0.25, -0.2) is 0 Å². The molecule has 0 unspecified atom stereocenters. The summed E-state index contributed by atoms with van der Waals surface area (Å²) in [6.07, 6.45) is 0.615. The first-order valence-corrected chi connectivity index (χ1v) is 8.73. The van der Waals surface area contributed by atoms with Crippen LogP contribution in [0, 0.1) is 12.8 Å². The van der Waals surface area contributed by atoms with Crippen LogP contribution in [0.4, 0.5) is 16.4 Å². The Balaban J connectivity index is 2.29. The molecule has 1 heterocycles. The van der Waals surface area contributed by atoms with Crippen LogP contribution < -0.4 is 22.1 Å². The van der Waals surface area contributed by atoms with Crippen molar-refractivity contribution in [2.45, 2.75) is 33.2 Å². The molecule has 0 saturated carbocycles. The maximum Gasteiger partial charge on any atom is 0.250 e. The largest absolute Gasteiger partial charge is 0.374 e. The second-order valence-electron chi connectivity index (χ2n) is 6.31. The molecule has 0 bridgehead atoms. The van der Waals surface area contributed by atoms with Crippen molar-refractivity contribution >= 4 is 39.7 Å². The fourth-order valence-corrected chi connectivity index (χ4v) is 3.10. The Morgan fingerprint density at radius 1 is 1.24 bits per heavy atom. The van der Waals surface area contributed by atoms with Crippen LogP contribution >= 0.6 is 11.5 Å². The molecule has 134 valence electrons. The lowest BCUT2D eigenvalue weighted by Crippen LogP contribution is -2.36. The molecule has 1 aromatic carbocycles. The molecule has 8 heteroatoms. The minimum atomic E-state index is -0.538. The van der Waals surface area contributed by atoms with Gasteiger partial charge in [-0.1, -0.05) is 13.8 Å². The van der Waals surface area contributed by atoms with Crippen LogP contribution in [0.3, 0.4) is 0 Å². The fourth-order valence-electron chi connectivity index (χ4n) is 2.43. The number of hydrogen-bond acceptors (Lipinski definition) is 6. The highest BCUT2D eigenvalue weighted by Crippen LogP contribution is 2.28. The van der Waals surface area contributed by atoms with E-state index in [0.717, 1.165) is 10.7 Å². The van der Waals surface area contributed by atoms with Gasteiger partial charge in [0.2, 0.25) is 5.91 Å². The minimum Gasteiger partial charge on any atom is -0.374 e. The van der Waals surface area contributed by atoms with Gasteiger partial charge in [-0.05, 0) is 55.1 Å². The van der Waals surface area contributed by atoms with Crippen molar-refractivity contribution in [3.05, 3.63) is 35.5 Å². The van der Waals surface area contributed by atoms with E-state index in [0.29, 0.717) is 29.3 Å². The molecule has 1 atom stereocenters. The zero-order valence-electron chi connectivity index (χ0n) is 14.5. The van der Waals surface area contributed by atoms with Crippen molar-refractivity contribution < 1.29 is 9.59 Å². The predicted molar refractivity (Wildman–Crippen MR) is 101 cm³/mol. The van der Waals surface area contributed by atoms with Gasteiger partial charge in [0.15, 0.2) is 0 Å². The van der Waals surface area contributed by atoms with Crippen molar-refractivity contribution in [2.24, 2.45) is 17.4 Å². The molecule has 7 nitrogen and oxygen atoms in total. The second-order valence-corrected chi connectivity index (χ2v) is 7.12. The lowest BCUT2D eigenvalue weighted by atomic mass is 10.0. The molecule has 1 aromatic heterocycles. The van der Waals surface area contributed by atoms with E-state index in [-0.39, 0.29) is 0 Å². The number of aryl methyl sites for hydroxylation is 1. The van der Waals surface area contributed by atoms with Gasteiger partial charge in [-0.3, -0.25) is 9.59 Å². The zero-order valence-corrected chi connectivity index (χ0v) is 15.3. The Hall–Kier alpha value is -2.61. The molecule has 0 aliphatic carbocycles. The number of carbonyl (C=O) groups is 2. The number of hydrogen-bond donors (Lipinski definition) is 4. The van der Waals surface area contributed by atoms with Gasteiger partial charge in [-0.15, -0.1) is 0 Å². The number of nitrogens with one attached hydrogen (secondary N) is 2. The minimum absolute atomic E-state index is 0.313. The highest BCUT2D eigenvalue weighted by molar-refractivity contribution is 7.10. The molecule has 0 saturated heterocycles. The summed E-state index contributed by atoms with van der Waals surface area (Å²) in [6, 6.07) is 6.46. The monoisotopic (exact) mass is 361 g/mol. The van der Waals surface area contributed by atoms with Crippen molar-refractivity contribution in [1.29, 1.82) is 0 Å². The topological polar surface area (TPSA) is 123 Å². The fraction of sp³-hybridized carbons (Fsp3) is 0.353. The normalized spacial score (nSPS) is 12.0. The van der Waals surface area contributed by atoms with E-state index in [2.05, 4.69) is 15.0 Å². The van der Waals surface area contributed by atoms with Crippen LogP contribution in [0.15, 0.2) is 24.3 Å². The number of aromatic nitrogens is 1. The second kappa shape index (κ2) is 7.98. The maximum absolute atomic E-state index is 11.7. The van der Waals surface area contributed by atoms with Gasteiger partial charge in [0.1, 0.15) is 11.0 Å². The Morgan fingerprint density at radius 2 is 1.96 bits per heavy atom. The molecule has 2 amide bonds. The molecule has 0 spiro atoms. The maximum atomic E-state index is 11.7. The van der Waals surface area contributed by atoms with Gasteiger partial charge in [0, 0.05) is 5.69 Å². The third-order valence-electron chi connectivity index (χ3n) is 3.56. The number of benzene rings is 1. The molecule has 6 N–H and O–H groups in total. The number of rotatable bonds is 8. The van der Waals surface area contributed by atoms with Crippen LogP contribution in [-0.2, 0) is 4.79 Å². The zero-order chi connectivity index (χ0) is 18.6. The van der Waals surface area contributed by atoms with Crippen molar-refractivity contribution in [3.63, 3.8) is 0 Å². The Morgan fingerprint density at radius 3 is 2.48 bits per heavy atom. The predicted octanol–water partition coefficient (Wildman–Crippen LogP) is 2.61. The summed E-state index contributed by atoms with van der Waals surface area (Å²) >= 11 is 1.29. The molecule has 2 aromatic rings. The highest BCUT2D eigenvalue weighted by atomic mass is 32.1. The molecular formula is C17H23N5O2S. The number of nitrogens with two attached hydrogens (primary N) is 2.